The van der Waals surface area contributed by atoms with Gasteiger partial charge in [-0.2, -0.15) is 0 Å². The van der Waals surface area contributed by atoms with Crippen LogP contribution in [0.3, 0.4) is 0 Å². The second kappa shape index (κ2) is 9.63. The molecular formula is C30H44N2O2Si2. The van der Waals surface area contributed by atoms with E-state index in [9.17, 15) is 0 Å². The third-order valence-corrected chi connectivity index (χ3v) is 16.6. The third-order valence-electron chi connectivity index (χ3n) is 7.87. The van der Waals surface area contributed by atoms with Gasteiger partial charge in [-0.1, -0.05) is 65.8 Å². The molecule has 0 unspecified atom stereocenters. The predicted octanol–water partition coefficient (Wildman–Crippen LogP) is 8.95. The number of hydrogen-bond donors (Lipinski definition) is 2. The molecule has 0 heterocycles. The topological polar surface area (TPSA) is 70.5 Å². The average molecular weight is 521 g/mol. The molecule has 4 N–H and O–H groups in total. The van der Waals surface area contributed by atoms with Gasteiger partial charge >= 0.3 is 0 Å². The minimum atomic E-state index is -2.14. The van der Waals surface area contributed by atoms with Gasteiger partial charge in [0.1, 0.15) is 11.5 Å². The van der Waals surface area contributed by atoms with Gasteiger partial charge in [0.25, 0.3) is 16.6 Å². The Morgan fingerprint density at radius 1 is 0.528 bits per heavy atom. The Morgan fingerprint density at radius 3 is 1.06 bits per heavy atom. The zero-order valence-corrected chi connectivity index (χ0v) is 25.7. The highest BCUT2D eigenvalue weighted by Crippen LogP contribution is 2.47. The van der Waals surface area contributed by atoms with Crippen molar-refractivity contribution < 1.29 is 8.85 Å². The largest absolute Gasteiger partial charge is 0.541 e. The van der Waals surface area contributed by atoms with Gasteiger partial charge in [-0.15, -0.1) is 0 Å². The predicted molar refractivity (Wildman–Crippen MR) is 162 cm³/mol. The molecule has 0 amide bonds. The maximum Gasteiger partial charge on any atom is 0.250 e. The summed E-state index contributed by atoms with van der Waals surface area (Å²) in [6.07, 6.45) is 0. The van der Waals surface area contributed by atoms with Gasteiger partial charge in [-0.05, 0) is 94.9 Å². The van der Waals surface area contributed by atoms with Crippen molar-refractivity contribution >= 4 is 28.0 Å². The second-order valence-electron chi connectivity index (χ2n) is 12.8. The first-order valence-electron chi connectivity index (χ1n) is 12.7. The SMILES string of the molecule is CC(C)(C)[Si](C)(C)Oc1cc(-c2ccc(N)cc2)c(-c2ccc(N)cc2)cc1O[Si](C)(C)C(C)(C)C. The molecule has 0 aromatic heterocycles. The number of rotatable bonds is 6. The van der Waals surface area contributed by atoms with Crippen molar-refractivity contribution in [3.05, 3.63) is 60.7 Å². The van der Waals surface area contributed by atoms with Gasteiger partial charge in [0, 0.05) is 11.4 Å². The molecule has 0 spiro atoms. The summed E-state index contributed by atoms with van der Waals surface area (Å²) >= 11 is 0. The van der Waals surface area contributed by atoms with Crippen LogP contribution in [0.5, 0.6) is 11.5 Å². The van der Waals surface area contributed by atoms with Crippen LogP contribution in [0.15, 0.2) is 60.7 Å². The quantitative estimate of drug-likeness (QED) is 0.251. The summed E-state index contributed by atoms with van der Waals surface area (Å²) in [5, 5.41) is 0.108. The Kier molecular flexibility index (Phi) is 7.46. The van der Waals surface area contributed by atoms with E-state index in [0.29, 0.717) is 0 Å². The molecule has 36 heavy (non-hydrogen) atoms. The fraction of sp³-hybridized carbons (Fsp3) is 0.400. The summed E-state index contributed by atoms with van der Waals surface area (Å²) in [6, 6.07) is 20.4. The van der Waals surface area contributed by atoms with Crippen LogP contribution in [0, 0.1) is 0 Å². The molecule has 0 saturated heterocycles. The smallest absolute Gasteiger partial charge is 0.250 e. The number of anilines is 2. The highest BCUT2D eigenvalue weighted by Gasteiger charge is 2.42. The molecule has 3 aromatic rings. The molecule has 3 rings (SSSR count). The van der Waals surface area contributed by atoms with E-state index in [1.54, 1.807) is 0 Å². The van der Waals surface area contributed by atoms with E-state index in [4.69, 9.17) is 20.3 Å². The highest BCUT2D eigenvalue weighted by molar-refractivity contribution is 6.75. The van der Waals surface area contributed by atoms with Crippen molar-refractivity contribution in [3.63, 3.8) is 0 Å². The Labute approximate surface area is 220 Å². The molecule has 0 fully saturated rings. The molecular weight excluding hydrogens is 477 g/mol. The third kappa shape index (κ3) is 5.98. The van der Waals surface area contributed by atoms with Crippen LogP contribution in [-0.4, -0.2) is 16.6 Å². The van der Waals surface area contributed by atoms with Crippen LogP contribution >= 0.6 is 0 Å². The van der Waals surface area contributed by atoms with E-state index >= 15 is 0 Å². The van der Waals surface area contributed by atoms with Gasteiger partial charge in [0.15, 0.2) is 0 Å². The molecule has 6 heteroatoms. The standard InChI is InChI=1S/C30H44N2O2Si2/c1-29(2,3)35(7,8)33-27-19-25(21-11-15-23(31)16-12-21)26(22-13-17-24(32)18-14-22)20-28(27)34-36(9,10)30(4,5)6/h11-20H,31-32H2,1-10H3. The van der Waals surface area contributed by atoms with Crippen LogP contribution < -0.4 is 20.3 Å². The van der Waals surface area contributed by atoms with Crippen LogP contribution in [-0.2, 0) is 0 Å². The molecule has 3 aromatic carbocycles. The Balaban J connectivity index is 2.32. The first-order chi connectivity index (χ1) is 16.4. The Bertz CT molecular complexity index is 1110. The van der Waals surface area contributed by atoms with Gasteiger partial charge in [0.2, 0.25) is 0 Å². The fourth-order valence-corrected chi connectivity index (χ4v) is 5.41. The normalized spacial score (nSPS) is 12.9. The lowest BCUT2D eigenvalue weighted by Gasteiger charge is -2.40. The fourth-order valence-electron chi connectivity index (χ4n) is 3.38. The molecule has 0 atom stereocenters. The minimum absolute atomic E-state index is 0.0538. The van der Waals surface area contributed by atoms with E-state index in [2.05, 4.69) is 104 Å². The highest BCUT2D eigenvalue weighted by atomic mass is 28.4. The van der Waals surface area contributed by atoms with E-state index in [1.165, 1.54) is 0 Å². The first kappa shape index (κ1) is 27.9. The number of nitrogens with two attached hydrogens (primary N) is 2. The van der Waals surface area contributed by atoms with Crippen molar-refractivity contribution in [1.29, 1.82) is 0 Å². The average Bonchev–Trinajstić information content (AvgIpc) is 2.74. The van der Waals surface area contributed by atoms with Crippen LogP contribution in [0.1, 0.15) is 41.5 Å². The molecule has 0 aliphatic rings. The maximum absolute atomic E-state index is 6.94. The lowest BCUT2D eigenvalue weighted by Crippen LogP contribution is -2.45. The van der Waals surface area contributed by atoms with Gasteiger partial charge < -0.3 is 20.3 Å². The van der Waals surface area contributed by atoms with E-state index in [-0.39, 0.29) is 10.1 Å². The maximum atomic E-state index is 6.94. The van der Waals surface area contributed by atoms with Crippen LogP contribution in [0.4, 0.5) is 11.4 Å². The summed E-state index contributed by atoms with van der Waals surface area (Å²) in [6.45, 7) is 22.7. The lowest BCUT2D eigenvalue weighted by molar-refractivity contribution is 0.441. The van der Waals surface area contributed by atoms with Crippen molar-refractivity contribution in [2.75, 3.05) is 11.5 Å². The Morgan fingerprint density at radius 2 is 0.806 bits per heavy atom. The molecule has 0 saturated carbocycles. The van der Waals surface area contributed by atoms with Crippen LogP contribution in [0.25, 0.3) is 22.3 Å². The summed E-state index contributed by atoms with van der Waals surface area (Å²) in [5.41, 5.74) is 17.8. The van der Waals surface area contributed by atoms with Crippen molar-refractivity contribution in [1.82, 2.24) is 0 Å². The zero-order valence-electron chi connectivity index (χ0n) is 23.7. The summed E-state index contributed by atoms with van der Waals surface area (Å²) in [5.74, 6) is 1.63. The summed E-state index contributed by atoms with van der Waals surface area (Å²) in [4.78, 5) is 0. The summed E-state index contributed by atoms with van der Waals surface area (Å²) in [7, 11) is -4.27. The number of hydrogen-bond acceptors (Lipinski definition) is 4. The first-order valence-corrected chi connectivity index (χ1v) is 18.5. The molecule has 0 aliphatic heterocycles. The minimum Gasteiger partial charge on any atom is -0.541 e. The second-order valence-corrected chi connectivity index (χ2v) is 22.3. The van der Waals surface area contributed by atoms with Gasteiger partial charge in [0.05, 0.1) is 0 Å². The summed E-state index contributed by atoms with van der Waals surface area (Å²) < 4.78 is 13.9. The van der Waals surface area contributed by atoms with E-state index in [1.807, 2.05) is 24.3 Å². The molecule has 0 aliphatic carbocycles. The van der Waals surface area contributed by atoms with Crippen LogP contribution in [0.2, 0.25) is 36.3 Å². The van der Waals surface area contributed by atoms with Crippen molar-refractivity contribution in [2.45, 2.75) is 77.8 Å². The van der Waals surface area contributed by atoms with Crippen molar-refractivity contribution in [2.24, 2.45) is 0 Å². The van der Waals surface area contributed by atoms with E-state index < -0.39 is 16.6 Å². The molecule has 0 bridgehead atoms. The van der Waals surface area contributed by atoms with E-state index in [0.717, 1.165) is 45.1 Å². The Hall–Kier alpha value is -2.71. The van der Waals surface area contributed by atoms with Gasteiger partial charge in [-0.25, -0.2) is 0 Å². The number of nitrogen functional groups attached to an aromatic ring is 2. The van der Waals surface area contributed by atoms with Gasteiger partial charge in [-0.3, -0.25) is 0 Å². The lowest BCUT2D eigenvalue weighted by atomic mass is 9.93. The molecule has 194 valence electrons. The zero-order chi connectivity index (χ0) is 27.1. The number of benzene rings is 3. The van der Waals surface area contributed by atoms with Crippen molar-refractivity contribution in [3.8, 4) is 33.8 Å². The molecule has 0 radical (unpaired) electrons. The molecule has 4 nitrogen and oxygen atoms in total. The monoisotopic (exact) mass is 520 g/mol.